The molecule has 134 valence electrons. The Bertz CT molecular complexity index is 891. The summed E-state index contributed by atoms with van der Waals surface area (Å²) < 4.78 is 16.8. The zero-order chi connectivity index (χ0) is 18.7. The van der Waals surface area contributed by atoms with Gasteiger partial charge in [0.15, 0.2) is 5.78 Å². The molecule has 0 saturated carbocycles. The van der Waals surface area contributed by atoms with E-state index in [0.29, 0.717) is 22.8 Å². The van der Waals surface area contributed by atoms with E-state index in [2.05, 4.69) is 0 Å². The fourth-order valence-electron chi connectivity index (χ4n) is 2.86. The standard InChI is InChI=1S/C22H22O4/c1-22(2)14-13-17-20(25-4)12-10-16(21(17)26-22)18(23)11-9-15-7-5-6-8-19(15)24-3/h5-14H,1-4H3/b11-9+. The average Bonchev–Trinajstić information content (AvgIpc) is 2.64. The number of hydrogen-bond acceptors (Lipinski definition) is 4. The van der Waals surface area contributed by atoms with Crippen LogP contribution in [-0.4, -0.2) is 25.6 Å². The normalized spacial score (nSPS) is 14.6. The third kappa shape index (κ3) is 3.49. The fourth-order valence-corrected chi connectivity index (χ4v) is 2.86. The molecule has 0 spiro atoms. The van der Waals surface area contributed by atoms with E-state index >= 15 is 0 Å². The molecule has 26 heavy (non-hydrogen) atoms. The lowest BCUT2D eigenvalue weighted by Crippen LogP contribution is -2.28. The number of hydrogen-bond donors (Lipinski definition) is 0. The van der Waals surface area contributed by atoms with Crippen molar-refractivity contribution in [2.45, 2.75) is 19.4 Å². The van der Waals surface area contributed by atoms with Crippen molar-refractivity contribution in [2.24, 2.45) is 0 Å². The lowest BCUT2D eigenvalue weighted by molar-refractivity contribution is 0.103. The van der Waals surface area contributed by atoms with Gasteiger partial charge in [0.05, 0.1) is 25.3 Å². The largest absolute Gasteiger partial charge is 0.496 e. The summed E-state index contributed by atoms with van der Waals surface area (Å²) in [5.74, 6) is 1.80. The fraction of sp³-hybridized carbons (Fsp3) is 0.227. The predicted octanol–water partition coefficient (Wildman–Crippen LogP) is 4.78. The van der Waals surface area contributed by atoms with Crippen molar-refractivity contribution in [1.29, 1.82) is 0 Å². The van der Waals surface area contributed by atoms with Crippen molar-refractivity contribution in [3.8, 4) is 17.2 Å². The van der Waals surface area contributed by atoms with E-state index in [1.807, 2.05) is 50.3 Å². The third-order valence-electron chi connectivity index (χ3n) is 4.21. The first-order chi connectivity index (χ1) is 12.4. The van der Waals surface area contributed by atoms with Gasteiger partial charge in [-0.05, 0) is 56.4 Å². The summed E-state index contributed by atoms with van der Waals surface area (Å²) in [6.45, 7) is 3.90. The van der Waals surface area contributed by atoms with Gasteiger partial charge in [-0.25, -0.2) is 0 Å². The molecule has 0 bridgehead atoms. The van der Waals surface area contributed by atoms with Crippen LogP contribution in [0.4, 0.5) is 0 Å². The molecule has 1 heterocycles. The molecule has 2 aromatic carbocycles. The van der Waals surface area contributed by atoms with Crippen molar-refractivity contribution >= 4 is 17.9 Å². The van der Waals surface area contributed by atoms with E-state index in [4.69, 9.17) is 14.2 Å². The SMILES string of the molecule is COc1ccccc1/C=C/C(=O)c1ccc(OC)c2c1OC(C)(C)C=C2. The van der Waals surface area contributed by atoms with Gasteiger partial charge in [-0.1, -0.05) is 18.2 Å². The van der Waals surface area contributed by atoms with Gasteiger partial charge in [0, 0.05) is 5.56 Å². The molecule has 0 unspecified atom stereocenters. The third-order valence-corrected chi connectivity index (χ3v) is 4.21. The van der Waals surface area contributed by atoms with E-state index in [9.17, 15) is 4.79 Å². The molecule has 0 amide bonds. The number of carbonyl (C=O) groups is 1. The number of ether oxygens (including phenoxy) is 3. The van der Waals surface area contributed by atoms with Gasteiger partial charge in [-0.2, -0.15) is 0 Å². The predicted molar refractivity (Wildman–Crippen MR) is 103 cm³/mol. The Kier molecular flexibility index (Phi) is 4.85. The van der Waals surface area contributed by atoms with Crippen LogP contribution >= 0.6 is 0 Å². The number of carbonyl (C=O) groups excluding carboxylic acids is 1. The van der Waals surface area contributed by atoms with Crippen LogP contribution in [0.2, 0.25) is 0 Å². The molecule has 0 N–H and O–H groups in total. The second-order valence-electron chi connectivity index (χ2n) is 6.54. The lowest BCUT2D eigenvalue weighted by atomic mass is 9.97. The zero-order valence-corrected chi connectivity index (χ0v) is 15.4. The Morgan fingerprint density at radius 2 is 1.77 bits per heavy atom. The topological polar surface area (TPSA) is 44.8 Å². The maximum atomic E-state index is 12.8. The minimum absolute atomic E-state index is 0.138. The van der Waals surface area contributed by atoms with Crippen molar-refractivity contribution in [2.75, 3.05) is 14.2 Å². The van der Waals surface area contributed by atoms with Crippen LogP contribution < -0.4 is 14.2 Å². The second kappa shape index (κ2) is 7.08. The van der Waals surface area contributed by atoms with Gasteiger partial charge in [-0.3, -0.25) is 4.79 Å². The molecule has 0 aromatic heterocycles. The summed E-state index contributed by atoms with van der Waals surface area (Å²) in [7, 11) is 3.21. The van der Waals surface area contributed by atoms with Crippen molar-refractivity contribution in [1.82, 2.24) is 0 Å². The van der Waals surface area contributed by atoms with Crippen LogP contribution in [0.5, 0.6) is 17.2 Å². The summed E-state index contributed by atoms with van der Waals surface area (Å²) in [5, 5.41) is 0. The van der Waals surface area contributed by atoms with Gasteiger partial charge < -0.3 is 14.2 Å². The van der Waals surface area contributed by atoms with Crippen molar-refractivity contribution in [3.05, 3.63) is 65.2 Å². The monoisotopic (exact) mass is 350 g/mol. The average molecular weight is 350 g/mol. The number of methoxy groups -OCH3 is 2. The Hall–Kier alpha value is -3.01. The molecular weight excluding hydrogens is 328 g/mol. The first kappa shape index (κ1) is 17.8. The molecule has 4 nitrogen and oxygen atoms in total. The number of para-hydroxylation sites is 1. The van der Waals surface area contributed by atoms with Crippen molar-refractivity contribution in [3.63, 3.8) is 0 Å². The Morgan fingerprint density at radius 1 is 1.04 bits per heavy atom. The summed E-state index contributed by atoms with van der Waals surface area (Å²) in [4.78, 5) is 12.8. The quantitative estimate of drug-likeness (QED) is 0.575. The molecule has 1 aliphatic rings. The number of benzene rings is 2. The number of allylic oxidation sites excluding steroid dienone is 1. The Balaban J connectivity index is 1.98. The minimum Gasteiger partial charge on any atom is -0.496 e. The van der Waals surface area contributed by atoms with Crippen LogP contribution in [0.15, 0.2) is 48.6 Å². The molecule has 0 aliphatic carbocycles. The molecule has 0 atom stereocenters. The van der Waals surface area contributed by atoms with E-state index < -0.39 is 5.60 Å². The van der Waals surface area contributed by atoms with Gasteiger partial charge >= 0.3 is 0 Å². The highest BCUT2D eigenvalue weighted by Crippen LogP contribution is 2.40. The first-order valence-corrected chi connectivity index (χ1v) is 8.40. The molecular formula is C22H22O4. The Labute approximate surface area is 153 Å². The molecule has 0 saturated heterocycles. The molecule has 0 radical (unpaired) electrons. The van der Waals surface area contributed by atoms with Gasteiger partial charge in [0.1, 0.15) is 22.8 Å². The summed E-state index contributed by atoms with van der Waals surface area (Å²) in [6.07, 6.45) is 7.19. The van der Waals surface area contributed by atoms with Crippen LogP contribution in [0.25, 0.3) is 12.2 Å². The maximum Gasteiger partial charge on any atom is 0.189 e. The van der Waals surface area contributed by atoms with E-state index in [1.54, 1.807) is 32.4 Å². The van der Waals surface area contributed by atoms with Crippen LogP contribution in [0.3, 0.4) is 0 Å². The van der Waals surface area contributed by atoms with Gasteiger partial charge in [-0.15, -0.1) is 0 Å². The summed E-state index contributed by atoms with van der Waals surface area (Å²) >= 11 is 0. The lowest BCUT2D eigenvalue weighted by Gasteiger charge is -2.29. The molecule has 2 aromatic rings. The zero-order valence-electron chi connectivity index (χ0n) is 15.4. The van der Waals surface area contributed by atoms with E-state index in [0.717, 1.165) is 11.1 Å². The van der Waals surface area contributed by atoms with Crippen LogP contribution in [0.1, 0.15) is 35.3 Å². The number of fused-ring (bicyclic) bond motifs is 1. The highest BCUT2D eigenvalue weighted by Gasteiger charge is 2.27. The number of rotatable bonds is 5. The molecule has 4 heteroatoms. The summed E-state index contributed by atoms with van der Waals surface area (Å²) in [6, 6.07) is 11.1. The van der Waals surface area contributed by atoms with Gasteiger partial charge in [0.2, 0.25) is 0 Å². The second-order valence-corrected chi connectivity index (χ2v) is 6.54. The van der Waals surface area contributed by atoms with Crippen LogP contribution in [-0.2, 0) is 0 Å². The summed E-state index contributed by atoms with van der Waals surface area (Å²) in [5.41, 5.74) is 1.64. The maximum absolute atomic E-state index is 12.8. The minimum atomic E-state index is -0.485. The van der Waals surface area contributed by atoms with Crippen LogP contribution in [0, 0.1) is 0 Å². The highest BCUT2D eigenvalue weighted by atomic mass is 16.5. The van der Waals surface area contributed by atoms with Gasteiger partial charge in [0.25, 0.3) is 0 Å². The Morgan fingerprint density at radius 3 is 2.50 bits per heavy atom. The molecule has 1 aliphatic heterocycles. The molecule has 3 rings (SSSR count). The number of ketones is 1. The highest BCUT2D eigenvalue weighted by molar-refractivity contribution is 6.09. The van der Waals surface area contributed by atoms with Crippen molar-refractivity contribution < 1.29 is 19.0 Å². The first-order valence-electron chi connectivity index (χ1n) is 8.40. The smallest absolute Gasteiger partial charge is 0.189 e. The molecule has 0 fully saturated rings. The van der Waals surface area contributed by atoms with E-state index in [-0.39, 0.29) is 5.78 Å². The van der Waals surface area contributed by atoms with E-state index in [1.165, 1.54) is 6.08 Å².